The Morgan fingerprint density at radius 1 is 1.61 bits per heavy atom. The molecular formula is C12H22N2O4. The first-order valence-electron chi connectivity index (χ1n) is 6.26. The smallest absolute Gasteiger partial charge is 0.308 e. The van der Waals surface area contributed by atoms with Crippen LogP contribution < -0.4 is 11.1 Å². The normalized spacial score (nSPS) is 28.9. The number of carbonyl (C=O) groups is 2. The van der Waals surface area contributed by atoms with Crippen LogP contribution in [-0.4, -0.2) is 42.8 Å². The van der Waals surface area contributed by atoms with Crippen LogP contribution in [0.15, 0.2) is 0 Å². The van der Waals surface area contributed by atoms with Gasteiger partial charge < -0.3 is 20.9 Å². The van der Waals surface area contributed by atoms with Crippen molar-refractivity contribution in [1.29, 1.82) is 0 Å². The Balaban J connectivity index is 2.52. The summed E-state index contributed by atoms with van der Waals surface area (Å²) in [5, 5.41) is 11.7. The molecule has 0 aromatic rings. The molecule has 4 N–H and O–H groups in total. The first-order valence-corrected chi connectivity index (χ1v) is 6.26. The topological polar surface area (TPSA) is 102 Å². The Morgan fingerprint density at radius 2 is 2.28 bits per heavy atom. The molecule has 0 spiro atoms. The van der Waals surface area contributed by atoms with E-state index >= 15 is 0 Å². The molecule has 18 heavy (non-hydrogen) atoms. The third-order valence-electron chi connectivity index (χ3n) is 3.53. The molecule has 104 valence electrons. The van der Waals surface area contributed by atoms with Gasteiger partial charge in [0, 0.05) is 12.6 Å². The molecule has 1 heterocycles. The van der Waals surface area contributed by atoms with Gasteiger partial charge in [0.05, 0.1) is 24.5 Å². The Bertz CT molecular complexity index is 321. The zero-order valence-corrected chi connectivity index (χ0v) is 10.9. The highest BCUT2D eigenvalue weighted by Crippen LogP contribution is 2.27. The summed E-state index contributed by atoms with van der Waals surface area (Å²) in [5.41, 5.74) is 5.08. The van der Waals surface area contributed by atoms with E-state index in [1.54, 1.807) is 6.92 Å². The van der Waals surface area contributed by atoms with E-state index in [0.717, 1.165) is 6.42 Å². The maximum atomic E-state index is 12.0. The predicted octanol–water partition coefficient (Wildman–Crippen LogP) is -0.0327. The average Bonchev–Trinajstić information content (AvgIpc) is 2.65. The van der Waals surface area contributed by atoms with Crippen molar-refractivity contribution in [3.8, 4) is 0 Å². The van der Waals surface area contributed by atoms with E-state index < -0.39 is 17.3 Å². The summed E-state index contributed by atoms with van der Waals surface area (Å²) in [6.45, 7) is 4.45. The molecule has 1 aliphatic rings. The second-order valence-electron chi connectivity index (χ2n) is 5.07. The minimum atomic E-state index is -0.880. The van der Waals surface area contributed by atoms with Crippen molar-refractivity contribution in [3.63, 3.8) is 0 Å². The largest absolute Gasteiger partial charge is 0.481 e. The molecule has 0 aliphatic carbocycles. The molecule has 0 aromatic carbocycles. The van der Waals surface area contributed by atoms with Crippen LogP contribution in [0, 0.1) is 11.3 Å². The summed E-state index contributed by atoms with van der Waals surface area (Å²) in [6.07, 6.45) is 1.32. The number of carboxylic acids is 1. The second kappa shape index (κ2) is 6.15. The Kier molecular flexibility index (Phi) is 5.10. The molecule has 0 bridgehead atoms. The number of ether oxygens (including phenoxy) is 1. The number of hydrogen-bond acceptors (Lipinski definition) is 4. The number of hydrogen-bond donors (Lipinski definition) is 3. The van der Waals surface area contributed by atoms with Gasteiger partial charge in [-0.05, 0) is 13.3 Å². The lowest BCUT2D eigenvalue weighted by molar-refractivity contribution is -0.142. The molecule has 0 saturated carbocycles. The van der Waals surface area contributed by atoms with Crippen molar-refractivity contribution >= 4 is 11.9 Å². The minimum Gasteiger partial charge on any atom is -0.481 e. The van der Waals surface area contributed by atoms with E-state index in [4.69, 9.17) is 15.6 Å². The molecule has 0 aromatic heterocycles. The van der Waals surface area contributed by atoms with Crippen LogP contribution in [0.2, 0.25) is 0 Å². The lowest BCUT2D eigenvalue weighted by Gasteiger charge is -2.26. The molecule has 3 unspecified atom stereocenters. The average molecular weight is 258 g/mol. The molecular weight excluding hydrogens is 236 g/mol. The molecule has 3 atom stereocenters. The van der Waals surface area contributed by atoms with Crippen molar-refractivity contribution < 1.29 is 19.4 Å². The van der Waals surface area contributed by atoms with Crippen LogP contribution in [-0.2, 0) is 14.3 Å². The zero-order valence-electron chi connectivity index (χ0n) is 10.9. The molecule has 0 radical (unpaired) electrons. The van der Waals surface area contributed by atoms with Gasteiger partial charge in [0.15, 0.2) is 0 Å². The summed E-state index contributed by atoms with van der Waals surface area (Å²) >= 11 is 0. The van der Waals surface area contributed by atoms with Gasteiger partial charge in [-0.25, -0.2) is 0 Å². The number of amides is 1. The van der Waals surface area contributed by atoms with Crippen LogP contribution in [0.25, 0.3) is 0 Å². The van der Waals surface area contributed by atoms with Crippen molar-refractivity contribution in [1.82, 2.24) is 5.32 Å². The van der Waals surface area contributed by atoms with E-state index in [0.29, 0.717) is 13.0 Å². The van der Waals surface area contributed by atoms with Crippen LogP contribution in [0.3, 0.4) is 0 Å². The van der Waals surface area contributed by atoms with Crippen molar-refractivity contribution in [2.45, 2.75) is 32.7 Å². The van der Waals surface area contributed by atoms with Gasteiger partial charge in [-0.3, -0.25) is 9.59 Å². The Hall–Kier alpha value is -1.14. The summed E-state index contributed by atoms with van der Waals surface area (Å²) in [6, 6.07) is -0.341. The van der Waals surface area contributed by atoms with E-state index in [9.17, 15) is 9.59 Å². The lowest BCUT2D eigenvalue weighted by Crippen LogP contribution is -2.51. The van der Waals surface area contributed by atoms with E-state index in [-0.39, 0.29) is 25.1 Å². The van der Waals surface area contributed by atoms with E-state index in [1.165, 1.54) is 0 Å². The van der Waals surface area contributed by atoms with E-state index in [2.05, 4.69) is 5.32 Å². The number of nitrogens with two attached hydrogens (primary N) is 1. The quantitative estimate of drug-likeness (QED) is 0.621. The van der Waals surface area contributed by atoms with Gasteiger partial charge in [-0.1, -0.05) is 13.3 Å². The van der Waals surface area contributed by atoms with Crippen LogP contribution >= 0.6 is 0 Å². The van der Waals surface area contributed by atoms with Crippen molar-refractivity contribution in [2.75, 3.05) is 19.8 Å². The van der Waals surface area contributed by atoms with Gasteiger partial charge in [0.25, 0.3) is 0 Å². The number of aliphatic carboxylic acids is 1. The third-order valence-corrected chi connectivity index (χ3v) is 3.53. The lowest BCUT2D eigenvalue weighted by atomic mass is 9.84. The van der Waals surface area contributed by atoms with Gasteiger partial charge >= 0.3 is 5.97 Å². The van der Waals surface area contributed by atoms with Gasteiger partial charge in [-0.15, -0.1) is 0 Å². The van der Waals surface area contributed by atoms with Crippen molar-refractivity contribution in [3.05, 3.63) is 0 Å². The summed E-state index contributed by atoms with van der Waals surface area (Å²) < 4.78 is 5.19. The Labute approximate surface area is 107 Å². The first kappa shape index (κ1) is 14.9. The van der Waals surface area contributed by atoms with Gasteiger partial charge in [0.2, 0.25) is 5.91 Å². The highest BCUT2D eigenvalue weighted by atomic mass is 16.5. The molecule has 1 aliphatic heterocycles. The standard InChI is InChI=1S/C12H22N2O4/c1-3-4-8(10(15)16)5-14-11(17)12(2)7-18-6-9(12)13/h8-9H,3-7,13H2,1-2H3,(H,14,17)(H,15,16). The molecule has 1 rings (SSSR count). The number of carboxylic acid groups (broad SMARTS) is 1. The molecule has 1 amide bonds. The highest BCUT2D eigenvalue weighted by molar-refractivity contribution is 5.84. The summed E-state index contributed by atoms with van der Waals surface area (Å²) in [5.74, 6) is -1.65. The second-order valence-corrected chi connectivity index (χ2v) is 5.07. The predicted molar refractivity (Wildman–Crippen MR) is 65.9 cm³/mol. The fraction of sp³-hybridized carbons (Fsp3) is 0.833. The zero-order chi connectivity index (χ0) is 13.8. The highest BCUT2D eigenvalue weighted by Gasteiger charge is 2.44. The third kappa shape index (κ3) is 3.20. The fourth-order valence-electron chi connectivity index (χ4n) is 2.00. The van der Waals surface area contributed by atoms with Gasteiger partial charge in [-0.2, -0.15) is 0 Å². The monoisotopic (exact) mass is 258 g/mol. The summed E-state index contributed by atoms with van der Waals surface area (Å²) in [7, 11) is 0. The molecule has 1 fully saturated rings. The number of rotatable bonds is 6. The number of carbonyl (C=O) groups excluding carboxylic acids is 1. The number of nitrogens with one attached hydrogen (secondary N) is 1. The van der Waals surface area contributed by atoms with Crippen LogP contribution in [0.4, 0.5) is 0 Å². The maximum Gasteiger partial charge on any atom is 0.308 e. The Morgan fingerprint density at radius 3 is 2.72 bits per heavy atom. The van der Waals surface area contributed by atoms with Crippen LogP contribution in [0.1, 0.15) is 26.7 Å². The molecule has 1 saturated heterocycles. The fourth-order valence-corrected chi connectivity index (χ4v) is 2.00. The maximum absolute atomic E-state index is 12.0. The minimum absolute atomic E-state index is 0.143. The molecule has 6 nitrogen and oxygen atoms in total. The van der Waals surface area contributed by atoms with Gasteiger partial charge in [0.1, 0.15) is 0 Å². The molecule has 6 heteroatoms. The van der Waals surface area contributed by atoms with Crippen LogP contribution in [0.5, 0.6) is 0 Å². The van der Waals surface area contributed by atoms with Crippen molar-refractivity contribution in [2.24, 2.45) is 17.1 Å². The SMILES string of the molecule is CCCC(CNC(=O)C1(C)COCC1N)C(=O)O. The summed E-state index contributed by atoms with van der Waals surface area (Å²) in [4.78, 5) is 23.0. The first-order chi connectivity index (χ1) is 8.41. The van der Waals surface area contributed by atoms with E-state index in [1.807, 2.05) is 6.92 Å².